The molecule has 0 saturated carbocycles. The normalized spacial score (nSPS) is 11.4. The molecule has 1 heterocycles. The van der Waals surface area contributed by atoms with Crippen LogP contribution in [0, 0.1) is 20.8 Å². The van der Waals surface area contributed by atoms with Crippen LogP contribution in [-0.4, -0.2) is 15.5 Å². The molecule has 0 radical (unpaired) electrons. The molecule has 0 aliphatic rings. The van der Waals surface area contributed by atoms with Crippen molar-refractivity contribution in [3.63, 3.8) is 0 Å². The lowest BCUT2D eigenvalue weighted by molar-refractivity contribution is 0.812. The summed E-state index contributed by atoms with van der Waals surface area (Å²) in [5.74, 6) is 1.28. The van der Waals surface area contributed by atoms with Crippen molar-refractivity contribution in [3.05, 3.63) is 58.9 Å². The van der Waals surface area contributed by atoms with Crippen LogP contribution in [0.1, 0.15) is 22.5 Å². The van der Waals surface area contributed by atoms with Gasteiger partial charge in [-0.2, -0.15) is 0 Å². The Kier molecular flexibility index (Phi) is 6.05. The lowest BCUT2D eigenvalue weighted by Crippen LogP contribution is -2.23. The number of rotatable bonds is 3. The third-order valence-corrected chi connectivity index (χ3v) is 4.01. The zero-order valence-electron chi connectivity index (χ0n) is 15.0. The van der Waals surface area contributed by atoms with E-state index in [4.69, 9.17) is 5.73 Å². The minimum atomic E-state index is 0. The fourth-order valence-electron chi connectivity index (χ4n) is 2.89. The predicted molar refractivity (Wildman–Crippen MR) is 116 cm³/mol. The second kappa shape index (κ2) is 7.86. The molecule has 0 saturated heterocycles. The molecule has 5 nitrogen and oxygen atoms in total. The van der Waals surface area contributed by atoms with Gasteiger partial charge < -0.3 is 15.6 Å². The van der Waals surface area contributed by atoms with E-state index < -0.39 is 0 Å². The van der Waals surface area contributed by atoms with Crippen molar-refractivity contribution in [1.82, 2.24) is 9.55 Å². The maximum absolute atomic E-state index is 6.02. The minimum absolute atomic E-state index is 0. The van der Waals surface area contributed by atoms with E-state index in [1.807, 2.05) is 19.2 Å². The molecule has 3 aromatic rings. The van der Waals surface area contributed by atoms with E-state index in [1.54, 1.807) is 0 Å². The Morgan fingerprint density at radius 2 is 1.76 bits per heavy atom. The molecule has 6 heteroatoms. The van der Waals surface area contributed by atoms with E-state index in [9.17, 15) is 0 Å². The molecule has 3 N–H and O–H groups in total. The van der Waals surface area contributed by atoms with Gasteiger partial charge in [-0.1, -0.05) is 12.1 Å². The van der Waals surface area contributed by atoms with Gasteiger partial charge in [0.1, 0.15) is 12.4 Å². The van der Waals surface area contributed by atoms with Gasteiger partial charge in [0.05, 0.1) is 11.0 Å². The number of aliphatic imine (C=N–C) groups is 1. The summed E-state index contributed by atoms with van der Waals surface area (Å²) >= 11 is 0. The first-order valence-electron chi connectivity index (χ1n) is 7.99. The lowest BCUT2D eigenvalue weighted by atomic mass is 10.1. The standard InChI is InChI=1S/C19H23N5.HI/c1-12-5-6-17-16(10-12)23-18(24(17)4)11-21-19(20)22-15-8-13(2)7-14(3)9-15;/h5-10H,11H2,1-4H3,(H3,20,21,22);1H. The number of nitrogens with two attached hydrogens (primary N) is 1. The maximum atomic E-state index is 6.02. The highest BCUT2D eigenvalue weighted by molar-refractivity contribution is 14.0. The number of aryl methyl sites for hydroxylation is 4. The Bertz CT molecular complexity index is 907. The van der Waals surface area contributed by atoms with E-state index in [1.165, 1.54) is 16.7 Å². The average molecular weight is 449 g/mol. The first-order valence-corrected chi connectivity index (χ1v) is 7.99. The Morgan fingerprint density at radius 3 is 2.44 bits per heavy atom. The monoisotopic (exact) mass is 449 g/mol. The largest absolute Gasteiger partial charge is 0.370 e. The van der Waals surface area contributed by atoms with Crippen LogP contribution in [0.4, 0.5) is 5.69 Å². The van der Waals surface area contributed by atoms with Gasteiger partial charge in [0.25, 0.3) is 0 Å². The average Bonchev–Trinajstić information content (AvgIpc) is 2.79. The molecule has 0 unspecified atom stereocenters. The first kappa shape index (κ1) is 19.2. The van der Waals surface area contributed by atoms with Crippen LogP contribution in [0.25, 0.3) is 11.0 Å². The molecule has 0 bridgehead atoms. The summed E-state index contributed by atoms with van der Waals surface area (Å²) in [7, 11) is 2.00. The summed E-state index contributed by atoms with van der Waals surface area (Å²) in [5, 5.41) is 3.15. The molecule has 0 spiro atoms. The number of nitrogens with one attached hydrogen (secondary N) is 1. The van der Waals surface area contributed by atoms with E-state index in [0.717, 1.165) is 22.5 Å². The predicted octanol–water partition coefficient (Wildman–Crippen LogP) is 4.04. The van der Waals surface area contributed by atoms with E-state index >= 15 is 0 Å². The number of hydrogen-bond acceptors (Lipinski definition) is 2. The molecule has 0 atom stereocenters. The van der Waals surface area contributed by atoms with Crippen LogP contribution >= 0.6 is 24.0 Å². The van der Waals surface area contributed by atoms with Crippen molar-refractivity contribution >= 4 is 46.7 Å². The SMILES string of the molecule is Cc1cc(C)cc(NC(N)=NCc2nc3cc(C)ccc3n2C)c1.I. The first-order chi connectivity index (χ1) is 11.4. The summed E-state index contributed by atoms with van der Waals surface area (Å²) in [6, 6.07) is 12.5. The highest BCUT2D eigenvalue weighted by Gasteiger charge is 2.07. The van der Waals surface area contributed by atoms with E-state index in [0.29, 0.717) is 12.5 Å². The molecule has 132 valence electrons. The van der Waals surface area contributed by atoms with Gasteiger partial charge in [-0.05, 0) is 61.7 Å². The Morgan fingerprint density at radius 1 is 1.08 bits per heavy atom. The third-order valence-electron chi connectivity index (χ3n) is 4.01. The van der Waals surface area contributed by atoms with Crippen LogP contribution in [-0.2, 0) is 13.6 Å². The molecular weight excluding hydrogens is 425 g/mol. The maximum Gasteiger partial charge on any atom is 0.193 e. The zero-order valence-corrected chi connectivity index (χ0v) is 17.3. The van der Waals surface area contributed by atoms with Crippen molar-refractivity contribution in [2.24, 2.45) is 17.8 Å². The molecule has 0 aliphatic carbocycles. The molecule has 0 amide bonds. The quantitative estimate of drug-likeness (QED) is 0.360. The molecule has 3 rings (SSSR count). The highest BCUT2D eigenvalue weighted by atomic mass is 127. The van der Waals surface area contributed by atoms with Gasteiger partial charge in [0, 0.05) is 12.7 Å². The van der Waals surface area contributed by atoms with Gasteiger partial charge in [0.2, 0.25) is 0 Å². The number of hydrogen-bond donors (Lipinski definition) is 2. The lowest BCUT2D eigenvalue weighted by Gasteiger charge is -2.08. The summed E-state index contributed by atoms with van der Waals surface area (Å²) in [6.45, 7) is 6.63. The Labute approximate surface area is 165 Å². The smallest absolute Gasteiger partial charge is 0.193 e. The molecule has 0 aliphatic heterocycles. The molecule has 0 fully saturated rings. The van der Waals surface area contributed by atoms with Gasteiger partial charge in [-0.15, -0.1) is 24.0 Å². The van der Waals surface area contributed by atoms with Gasteiger partial charge in [-0.25, -0.2) is 9.98 Å². The van der Waals surface area contributed by atoms with E-state index in [2.05, 4.69) is 64.9 Å². The number of benzene rings is 2. The van der Waals surface area contributed by atoms with Crippen molar-refractivity contribution in [1.29, 1.82) is 0 Å². The van der Waals surface area contributed by atoms with Crippen molar-refractivity contribution < 1.29 is 0 Å². The van der Waals surface area contributed by atoms with Crippen LogP contribution in [0.2, 0.25) is 0 Å². The van der Waals surface area contributed by atoms with Crippen molar-refractivity contribution in [3.8, 4) is 0 Å². The van der Waals surface area contributed by atoms with Crippen molar-refractivity contribution in [2.45, 2.75) is 27.3 Å². The summed E-state index contributed by atoms with van der Waals surface area (Å²) in [5.41, 5.74) is 12.7. The van der Waals surface area contributed by atoms with Crippen LogP contribution in [0.5, 0.6) is 0 Å². The number of fused-ring (bicyclic) bond motifs is 1. The molecule has 2 aromatic carbocycles. The van der Waals surface area contributed by atoms with E-state index in [-0.39, 0.29) is 24.0 Å². The van der Waals surface area contributed by atoms with Gasteiger partial charge in [-0.3, -0.25) is 0 Å². The number of aromatic nitrogens is 2. The number of nitrogens with zero attached hydrogens (tertiary/aromatic N) is 3. The number of anilines is 1. The minimum Gasteiger partial charge on any atom is -0.370 e. The van der Waals surface area contributed by atoms with Crippen LogP contribution < -0.4 is 11.1 Å². The fraction of sp³-hybridized carbons (Fsp3) is 0.263. The molecule has 25 heavy (non-hydrogen) atoms. The van der Waals surface area contributed by atoms with Gasteiger partial charge >= 0.3 is 0 Å². The molecular formula is C19H24IN5. The second-order valence-electron chi connectivity index (χ2n) is 6.28. The molecule has 1 aromatic heterocycles. The fourth-order valence-corrected chi connectivity index (χ4v) is 2.89. The number of halogens is 1. The third kappa shape index (κ3) is 4.50. The number of imidazole rings is 1. The van der Waals surface area contributed by atoms with Crippen molar-refractivity contribution in [2.75, 3.05) is 5.32 Å². The Balaban J connectivity index is 0.00000225. The summed E-state index contributed by atoms with van der Waals surface area (Å²) in [6.07, 6.45) is 0. The number of guanidine groups is 1. The zero-order chi connectivity index (χ0) is 17.3. The topological polar surface area (TPSA) is 68.2 Å². The summed E-state index contributed by atoms with van der Waals surface area (Å²) < 4.78 is 2.06. The summed E-state index contributed by atoms with van der Waals surface area (Å²) in [4.78, 5) is 9.08. The van der Waals surface area contributed by atoms with Crippen LogP contribution in [0.15, 0.2) is 41.4 Å². The highest BCUT2D eigenvalue weighted by Crippen LogP contribution is 2.17. The second-order valence-corrected chi connectivity index (χ2v) is 6.28. The Hall–Kier alpha value is -2.09. The van der Waals surface area contributed by atoms with Gasteiger partial charge in [0.15, 0.2) is 5.96 Å². The van der Waals surface area contributed by atoms with Crippen LogP contribution in [0.3, 0.4) is 0 Å².